The van der Waals surface area contributed by atoms with Crippen LogP contribution in [0.2, 0.25) is 0 Å². The largest absolute Gasteiger partial charge is 0.353 e. The van der Waals surface area contributed by atoms with Crippen molar-refractivity contribution in [3.8, 4) is 0 Å². The predicted molar refractivity (Wildman–Crippen MR) is 79.7 cm³/mol. The van der Waals surface area contributed by atoms with Gasteiger partial charge in [-0.05, 0) is 32.6 Å². The standard InChI is InChI=1S/C13H27N3O3S/c1-3-10-20(18,19)16-8-6-12(7-9-16)15-13(17)5-4-11(2)14/h11-12H,3-10,14H2,1-2H3,(H,15,17). The van der Waals surface area contributed by atoms with E-state index >= 15 is 0 Å². The molecule has 6 nitrogen and oxygen atoms in total. The van der Waals surface area contributed by atoms with Crippen molar-refractivity contribution in [1.29, 1.82) is 0 Å². The van der Waals surface area contributed by atoms with Crippen molar-refractivity contribution in [2.45, 2.75) is 58.0 Å². The number of hydrogen-bond donors (Lipinski definition) is 2. The summed E-state index contributed by atoms with van der Waals surface area (Å²) in [7, 11) is -3.10. The van der Waals surface area contributed by atoms with Crippen LogP contribution in [-0.4, -0.2) is 49.6 Å². The maximum absolute atomic E-state index is 11.9. The minimum absolute atomic E-state index is 0.0113. The number of piperidine rings is 1. The summed E-state index contributed by atoms with van der Waals surface area (Å²) in [5, 5.41) is 2.96. The van der Waals surface area contributed by atoms with E-state index in [0.717, 1.165) is 0 Å². The van der Waals surface area contributed by atoms with E-state index in [1.807, 2.05) is 13.8 Å². The Morgan fingerprint density at radius 1 is 1.40 bits per heavy atom. The van der Waals surface area contributed by atoms with Gasteiger partial charge in [-0.1, -0.05) is 6.92 Å². The monoisotopic (exact) mass is 305 g/mol. The normalized spacial score (nSPS) is 19.8. The number of amides is 1. The summed E-state index contributed by atoms with van der Waals surface area (Å²) < 4.78 is 25.4. The molecule has 1 atom stereocenters. The first-order chi connectivity index (χ1) is 9.35. The number of rotatable bonds is 7. The summed E-state index contributed by atoms with van der Waals surface area (Å²) in [5.74, 6) is 0.218. The van der Waals surface area contributed by atoms with E-state index < -0.39 is 10.0 Å². The number of carbonyl (C=O) groups excluding carboxylic acids is 1. The molecule has 0 aromatic carbocycles. The van der Waals surface area contributed by atoms with Crippen molar-refractivity contribution in [3.63, 3.8) is 0 Å². The van der Waals surface area contributed by atoms with Crippen LogP contribution >= 0.6 is 0 Å². The molecule has 1 unspecified atom stereocenters. The Kier molecular flexibility index (Phi) is 6.91. The quantitative estimate of drug-likeness (QED) is 0.713. The van der Waals surface area contributed by atoms with Gasteiger partial charge in [-0.2, -0.15) is 0 Å². The lowest BCUT2D eigenvalue weighted by molar-refractivity contribution is -0.122. The van der Waals surface area contributed by atoms with E-state index in [-0.39, 0.29) is 23.7 Å². The van der Waals surface area contributed by atoms with Gasteiger partial charge in [0.1, 0.15) is 0 Å². The smallest absolute Gasteiger partial charge is 0.220 e. The molecule has 1 heterocycles. The molecule has 0 spiro atoms. The van der Waals surface area contributed by atoms with Gasteiger partial charge in [-0.3, -0.25) is 4.79 Å². The molecule has 0 bridgehead atoms. The van der Waals surface area contributed by atoms with Crippen molar-refractivity contribution < 1.29 is 13.2 Å². The molecule has 0 aromatic heterocycles. The number of nitrogens with two attached hydrogens (primary N) is 1. The Morgan fingerprint density at radius 3 is 2.50 bits per heavy atom. The molecule has 1 saturated heterocycles. The number of nitrogens with one attached hydrogen (secondary N) is 1. The lowest BCUT2D eigenvalue weighted by Gasteiger charge is -2.31. The summed E-state index contributed by atoms with van der Waals surface area (Å²) >= 11 is 0. The first-order valence-corrected chi connectivity index (χ1v) is 8.99. The highest BCUT2D eigenvalue weighted by Crippen LogP contribution is 2.15. The summed E-state index contributed by atoms with van der Waals surface area (Å²) in [6.07, 6.45) is 3.12. The maximum Gasteiger partial charge on any atom is 0.220 e. The van der Waals surface area contributed by atoms with Gasteiger partial charge < -0.3 is 11.1 Å². The Hall–Kier alpha value is -0.660. The van der Waals surface area contributed by atoms with Gasteiger partial charge in [0.25, 0.3) is 0 Å². The highest BCUT2D eigenvalue weighted by molar-refractivity contribution is 7.89. The molecule has 1 amide bonds. The Balaban J connectivity index is 2.34. The van der Waals surface area contributed by atoms with Crippen LogP contribution in [0.15, 0.2) is 0 Å². The van der Waals surface area contributed by atoms with Crippen LogP contribution in [0.5, 0.6) is 0 Å². The van der Waals surface area contributed by atoms with Crippen molar-refractivity contribution in [1.82, 2.24) is 9.62 Å². The summed E-state index contributed by atoms with van der Waals surface area (Å²) in [5.41, 5.74) is 5.62. The zero-order valence-electron chi connectivity index (χ0n) is 12.5. The van der Waals surface area contributed by atoms with Gasteiger partial charge >= 0.3 is 0 Å². The molecule has 1 aliphatic rings. The van der Waals surface area contributed by atoms with Gasteiger partial charge in [0.2, 0.25) is 15.9 Å². The molecular weight excluding hydrogens is 278 g/mol. The summed E-state index contributed by atoms with van der Waals surface area (Å²) in [4.78, 5) is 11.7. The molecule has 0 aromatic rings. The lowest BCUT2D eigenvalue weighted by Crippen LogP contribution is -2.47. The van der Waals surface area contributed by atoms with Crippen LogP contribution in [0.25, 0.3) is 0 Å². The van der Waals surface area contributed by atoms with E-state index in [2.05, 4.69) is 5.32 Å². The van der Waals surface area contributed by atoms with Crippen molar-refractivity contribution in [2.24, 2.45) is 5.73 Å². The van der Waals surface area contributed by atoms with Crippen LogP contribution in [0.1, 0.15) is 46.0 Å². The van der Waals surface area contributed by atoms with Gasteiger partial charge in [0, 0.05) is 31.6 Å². The van der Waals surface area contributed by atoms with Crippen molar-refractivity contribution >= 4 is 15.9 Å². The summed E-state index contributed by atoms with van der Waals surface area (Å²) in [6.45, 7) is 4.74. The van der Waals surface area contributed by atoms with E-state index in [0.29, 0.717) is 45.2 Å². The molecular formula is C13H27N3O3S. The fourth-order valence-electron chi connectivity index (χ4n) is 2.32. The molecule has 1 aliphatic heterocycles. The number of sulfonamides is 1. The Bertz CT molecular complexity index is 401. The van der Waals surface area contributed by atoms with Gasteiger partial charge in [-0.15, -0.1) is 0 Å². The third kappa shape index (κ3) is 5.76. The topological polar surface area (TPSA) is 92.5 Å². The molecule has 0 radical (unpaired) electrons. The number of nitrogens with zero attached hydrogens (tertiary/aromatic N) is 1. The highest BCUT2D eigenvalue weighted by Gasteiger charge is 2.27. The molecule has 1 fully saturated rings. The fourth-order valence-corrected chi connectivity index (χ4v) is 3.87. The lowest BCUT2D eigenvalue weighted by atomic mass is 10.1. The molecule has 7 heteroatoms. The Labute approximate surface area is 122 Å². The van der Waals surface area contributed by atoms with E-state index in [4.69, 9.17) is 5.73 Å². The van der Waals surface area contributed by atoms with Crippen molar-refractivity contribution in [2.75, 3.05) is 18.8 Å². The van der Waals surface area contributed by atoms with Crippen LogP contribution < -0.4 is 11.1 Å². The third-order valence-corrected chi connectivity index (χ3v) is 5.58. The first kappa shape index (κ1) is 17.4. The second kappa shape index (κ2) is 7.95. The van der Waals surface area contributed by atoms with Gasteiger partial charge in [0.15, 0.2) is 0 Å². The third-order valence-electron chi connectivity index (χ3n) is 3.50. The second-order valence-electron chi connectivity index (χ2n) is 5.57. The Morgan fingerprint density at radius 2 is 2.00 bits per heavy atom. The minimum Gasteiger partial charge on any atom is -0.353 e. The first-order valence-electron chi connectivity index (χ1n) is 7.38. The van der Waals surface area contributed by atoms with E-state index in [9.17, 15) is 13.2 Å². The van der Waals surface area contributed by atoms with Crippen LogP contribution in [0.4, 0.5) is 0 Å². The van der Waals surface area contributed by atoms with Crippen LogP contribution in [0.3, 0.4) is 0 Å². The number of carbonyl (C=O) groups is 1. The highest BCUT2D eigenvalue weighted by atomic mass is 32.2. The van der Waals surface area contributed by atoms with Gasteiger partial charge in [0.05, 0.1) is 5.75 Å². The van der Waals surface area contributed by atoms with Crippen LogP contribution in [0, 0.1) is 0 Å². The SMILES string of the molecule is CCCS(=O)(=O)N1CCC(NC(=O)CCC(C)N)CC1. The molecule has 1 rings (SSSR count). The second-order valence-corrected chi connectivity index (χ2v) is 7.66. The minimum atomic E-state index is -3.10. The average molecular weight is 305 g/mol. The van der Waals surface area contributed by atoms with Crippen molar-refractivity contribution in [3.05, 3.63) is 0 Å². The molecule has 0 saturated carbocycles. The maximum atomic E-state index is 11.9. The van der Waals surface area contributed by atoms with Gasteiger partial charge in [-0.25, -0.2) is 12.7 Å². The zero-order valence-corrected chi connectivity index (χ0v) is 13.3. The fraction of sp³-hybridized carbons (Fsp3) is 0.923. The average Bonchev–Trinajstić information content (AvgIpc) is 2.37. The van der Waals surface area contributed by atoms with E-state index in [1.165, 1.54) is 0 Å². The molecule has 0 aliphatic carbocycles. The van der Waals surface area contributed by atoms with E-state index in [1.54, 1.807) is 4.31 Å². The predicted octanol–water partition coefficient (Wildman–Crippen LogP) is 0.434. The van der Waals surface area contributed by atoms with Crippen LogP contribution in [-0.2, 0) is 14.8 Å². The summed E-state index contributed by atoms with van der Waals surface area (Å²) in [6, 6.07) is 0.116. The number of hydrogen-bond acceptors (Lipinski definition) is 4. The molecule has 118 valence electrons. The molecule has 20 heavy (non-hydrogen) atoms. The zero-order chi connectivity index (χ0) is 15.2. The molecule has 3 N–H and O–H groups in total.